The molecule has 218 valence electrons. The molecule has 0 saturated heterocycles. The van der Waals surface area contributed by atoms with Crippen LogP contribution in [-0.4, -0.2) is 63.8 Å². The van der Waals surface area contributed by atoms with Crippen LogP contribution in [0, 0.1) is 28.6 Å². The summed E-state index contributed by atoms with van der Waals surface area (Å²) < 4.78 is 4.82. The Balaban J connectivity index is 1.21. The molecule has 3 fully saturated rings. The minimum absolute atomic E-state index is 0.0674. The van der Waals surface area contributed by atoms with Gasteiger partial charge in [0.2, 0.25) is 0 Å². The molecular formula is C30H42N4O6. The maximum atomic E-state index is 12.5. The van der Waals surface area contributed by atoms with E-state index in [0.29, 0.717) is 29.9 Å². The van der Waals surface area contributed by atoms with Crippen LogP contribution in [0.3, 0.4) is 0 Å². The van der Waals surface area contributed by atoms with Gasteiger partial charge < -0.3 is 25.0 Å². The molecule has 7 atom stereocenters. The number of nitrogens with one attached hydrogen (secondary N) is 2. The van der Waals surface area contributed by atoms with Crippen molar-refractivity contribution in [2.24, 2.45) is 33.7 Å². The molecule has 0 radical (unpaired) electrons. The molecule has 10 nitrogen and oxygen atoms in total. The van der Waals surface area contributed by atoms with Crippen LogP contribution in [0.5, 0.6) is 0 Å². The molecule has 1 aromatic heterocycles. The number of nitrogens with zero attached hydrogens (tertiary/aromatic N) is 2. The van der Waals surface area contributed by atoms with Crippen LogP contribution in [0.1, 0.15) is 77.8 Å². The zero-order valence-electron chi connectivity index (χ0n) is 24.0. The van der Waals surface area contributed by atoms with Crippen LogP contribution in [0.25, 0.3) is 0 Å². The first-order valence-electron chi connectivity index (χ1n) is 14.5. The molecule has 5 rings (SSSR count). The Labute approximate surface area is 235 Å². The Morgan fingerprint density at radius 3 is 2.65 bits per heavy atom. The Bertz CT molecular complexity index is 1210. The van der Waals surface area contributed by atoms with Crippen molar-refractivity contribution < 1.29 is 29.1 Å². The molecule has 1 heterocycles. The fourth-order valence-electron chi connectivity index (χ4n) is 8.60. The van der Waals surface area contributed by atoms with E-state index < -0.39 is 23.5 Å². The number of ether oxygens (including phenoxy) is 1. The zero-order valence-corrected chi connectivity index (χ0v) is 24.0. The molecule has 1 amide bonds. The predicted octanol–water partition coefficient (Wildman–Crippen LogP) is 3.27. The zero-order chi connectivity index (χ0) is 28.7. The Hall–Kier alpha value is -3.01. The fourth-order valence-corrected chi connectivity index (χ4v) is 8.60. The van der Waals surface area contributed by atoms with E-state index >= 15 is 0 Å². The number of H-pyrrole nitrogens is 1. The number of imidazole rings is 1. The van der Waals surface area contributed by atoms with Crippen molar-refractivity contribution in [1.29, 1.82) is 0 Å². The number of allylic oxidation sites excluding steroid dienone is 2. The third kappa shape index (κ3) is 4.78. The molecule has 0 spiro atoms. The number of aromatic nitrogens is 2. The molecule has 3 saturated carbocycles. The lowest BCUT2D eigenvalue weighted by molar-refractivity contribution is -0.159. The number of carbonyl (C=O) groups excluding carboxylic acids is 3. The van der Waals surface area contributed by atoms with Crippen molar-refractivity contribution >= 4 is 23.4 Å². The van der Waals surface area contributed by atoms with Crippen LogP contribution >= 0.6 is 0 Å². The van der Waals surface area contributed by atoms with Crippen molar-refractivity contribution in [2.75, 3.05) is 13.7 Å². The number of oxime groups is 1. The van der Waals surface area contributed by atoms with Gasteiger partial charge in [-0.25, -0.2) is 9.78 Å². The van der Waals surface area contributed by atoms with Crippen molar-refractivity contribution in [2.45, 2.75) is 90.2 Å². The van der Waals surface area contributed by atoms with E-state index in [9.17, 15) is 19.5 Å². The maximum absolute atomic E-state index is 12.5. The molecule has 4 aliphatic carbocycles. The van der Waals surface area contributed by atoms with E-state index in [1.165, 1.54) is 19.0 Å². The van der Waals surface area contributed by atoms with E-state index in [4.69, 9.17) is 9.57 Å². The highest BCUT2D eigenvalue weighted by atomic mass is 16.6. The van der Waals surface area contributed by atoms with E-state index in [2.05, 4.69) is 40.4 Å². The molecule has 40 heavy (non-hydrogen) atoms. The average molecular weight is 555 g/mol. The van der Waals surface area contributed by atoms with Crippen LogP contribution in [-0.2, 0) is 30.4 Å². The summed E-state index contributed by atoms with van der Waals surface area (Å²) in [5.74, 6) is 0.325. The normalized spacial score (nSPS) is 36.5. The second-order valence-corrected chi connectivity index (χ2v) is 12.7. The highest BCUT2D eigenvalue weighted by Crippen LogP contribution is 2.67. The first-order chi connectivity index (χ1) is 19.0. The van der Waals surface area contributed by atoms with Crippen molar-refractivity contribution in [3.8, 4) is 0 Å². The summed E-state index contributed by atoms with van der Waals surface area (Å²) in [6.07, 6.45) is 12.6. The average Bonchev–Trinajstić information content (AvgIpc) is 3.54. The maximum Gasteiger partial charge on any atom is 0.328 e. The topological polar surface area (TPSA) is 143 Å². The molecule has 4 aliphatic rings. The summed E-state index contributed by atoms with van der Waals surface area (Å²) in [6.45, 7) is 5.78. The van der Waals surface area contributed by atoms with Gasteiger partial charge in [0.15, 0.2) is 12.4 Å². The van der Waals surface area contributed by atoms with Crippen LogP contribution < -0.4 is 5.32 Å². The first-order valence-corrected chi connectivity index (χ1v) is 14.5. The van der Waals surface area contributed by atoms with Gasteiger partial charge in [0.05, 0.1) is 19.1 Å². The third-order valence-electron chi connectivity index (χ3n) is 10.9. The number of carbonyl (C=O) groups is 3. The summed E-state index contributed by atoms with van der Waals surface area (Å²) in [4.78, 5) is 49.4. The van der Waals surface area contributed by atoms with E-state index in [-0.39, 0.29) is 29.6 Å². The van der Waals surface area contributed by atoms with Gasteiger partial charge in [-0.2, -0.15) is 0 Å². The number of hydrogen-bond acceptors (Lipinski definition) is 8. The number of esters is 1. The Morgan fingerprint density at radius 1 is 1.18 bits per heavy atom. The Morgan fingerprint density at radius 2 is 1.95 bits per heavy atom. The number of aliphatic hydroxyl groups is 1. The highest BCUT2D eigenvalue weighted by Gasteiger charge is 2.65. The first kappa shape index (κ1) is 28.5. The third-order valence-corrected chi connectivity index (χ3v) is 10.9. The number of rotatable bonds is 8. The molecule has 1 aromatic rings. The van der Waals surface area contributed by atoms with E-state index in [1.807, 2.05) is 0 Å². The van der Waals surface area contributed by atoms with Crippen molar-refractivity contribution in [3.63, 3.8) is 0 Å². The van der Waals surface area contributed by atoms with Crippen LogP contribution in [0.15, 0.2) is 29.3 Å². The van der Waals surface area contributed by atoms with E-state index in [0.717, 1.165) is 50.7 Å². The summed E-state index contributed by atoms with van der Waals surface area (Å²) in [5, 5.41) is 18.3. The minimum Gasteiger partial charge on any atom is -0.467 e. The number of ketones is 1. The molecule has 0 aromatic carbocycles. The summed E-state index contributed by atoms with van der Waals surface area (Å²) in [5.41, 5.74) is 1.46. The number of Topliss-reactive ketones (excluding diaryl/α,β-unsaturated/α-hetero) is 1. The number of hydrogen-bond donors (Lipinski definition) is 3. The smallest absolute Gasteiger partial charge is 0.328 e. The predicted molar refractivity (Wildman–Crippen MR) is 147 cm³/mol. The molecule has 0 aliphatic heterocycles. The molecule has 10 heteroatoms. The van der Waals surface area contributed by atoms with Gasteiger partial charge in [-0.15, -0.1) is 0 Å². The lowest BCUT2D eigenvalue weighted by Crippen LogP contribution is -2.57. The Kier molecular flexibility index (Phi) is 7.67. The SMILES string of the molecule is COC(=O)[C@H](Cc1cnc[nH]1)NC(=O)CO/N=C1/C=C2CC[C@@H]3[C@H](CC[C@@]4(C)[C@H]3CC[C@]4(O)C(C)=O)[C@@]2(C)CC1. The minimum atomic E-state index is -1.19. The number of methoxy groups -OCH3 is 1. The van der Waals surface area contributed by atoms with Gasteiger partial charge in [-0.3, -0.25) is 9.59 Å². The summed E-state index contributed by atoms with van der Waals surface area (Å²) in [6, 6.07) is -0.856. The van der Waals surface area contributed by atoms with Gasteiger partial charge in [0.25, 0.3) is 5.91 Å². The quantitative estimate of drug-likeness (QED) is 0.331. The molecule has 3 N–H and O–H groups in total. The van der Waals surface area contributed by atoms with Crippen LogP contribution in [0.4, 0.5) is 0 Å². The highest BCUT2D eigenvalue weighted by molar-refractivity contribution is 5.96. The summed E-state index contributed by atoms with van der Waals surface area (Å²) in [7, 11) is 1.28. The van der Waals surface area contributed by atoms with Gasteiger partial charge >= 0.3 is 5.97 Å². The number of amides is 1. The van der Waals surface area contributed by atoms with E-state index in [1.54, 1.807) is 13.1 Å². The molecule has 0 unspecified atom stereocenters. The second kappa shape index (κ2) is 10.8. The standard InChI is InChI=1S/C30H42N4O6/c1-18(35)30(38)12-9-24-22-6-5-19-13-20(7-10-28(19,2)23(22)8-11-29(24,30)3)34-40-16-26(36)33-25(27(37)39-4)14-21-15-31-17-32-21/h13,15,17,22-25,38H,5-12,14,16H2,1-4H3,(H,31,32)(H,33,36)/b34-20+/t22-,23+,24+,25+,28+,29+,30+/m1/s1. The van der Waals surface area contributed by atoms with Gasteiger partial charge in [0, 0.05) is 23.7 Å². The van der Waals surface area contributed by atoms with Gasteiger partial charge in [-0.05, 0) is 87.5 Å². The van der Waals surface area contributed by atoms with Crippen molar-refractivity contribution in [1.82, 2.24) is 15.3 Å². The summed E-state index contributed by atoms with van der Waals surface area (Å²) >= 11 is 0. The number of aromatic amines is 1. The van der Waals surface area contributed by atoms with Gasteiger partial charge in [0.1, 0.15) is 11.6 Å². The fraction of sp³-hybridized carbons (Fsp3) is 0.700. The lowest BCUT2D eigenvalue weighted by atomic mass is 9.46. The van der Waals surface area contributed by atoms with Gasteiger partial charge in [-0.1, -0.05) is 24.6 Å². The lowest BCUT2D eigenvalue weighted by Gasteiger charge is -2.59. The van der Waals surface area contributed by atoms with Crippen LogP contribution in [0.2, 0.25) is 0 Å². The number of fused-ring (bicyclic) bond motifs is 5. The molecular weight excluding hydrogens is 512 g/mol. The molecule has 0 bridgehead atoms. The largest absolute Gasteiger partial charge is 0.467 e. The van der Waals surface area contributed by atoms with Crippen molar-refractivity contribution in [3.05, 3.63) is 29.9 Å². The second-order valence-electron chi connectivity index (χ2n) is 12.7. The monoisotopic (exact) mass is 554 g/mol.